The van der Waals surface area contributed by atoms with E-state index in [0.717, 1.165) is 71.5 Å². The fraction of sp³-hybridized carbons (Fsp3) is 0.304. The third-order valence-electron chi connectivity index (χ3n) is 12.1. The fourth-order valence-electron chi connectivity index (χ4n) is 9.77. The van der Waals surface area contributed by atoms with Gasteiger partial charge in [0.1, 0.15) is 11.7 Å². The van der Waals surface area contributed by atoms with Gasteiger partial charge in [-0.2, -0.15) is 0 Å². The van der Waals surface area contributed by atoms with Gasteiger partial charge in [-0.05, 0) is 97.2 Å². The lowest BCUT2D eigenvalue weighted by Gasteiger charge is -2.24. The maximum Gasteiger partial charge on any atom is 0.335 e. The van der Waals surface area contributed by atoms with E-state index in [4.69, 9.17) is 20.0 Å². The Kier molecular flexibility index (Phi) is 10.4. The number of nitrogens with zero attached hydrogens (tertiary/aromatic N) is 6. The van der Waals surface area contributed by atoms with Gasteiger partial charge in [0.25, 0.3) is 0 Å². The molecule has 0 amide bonds. The quantitative estimate of drug-likeness (QED) is 0.144. The van der Waals surface area contributed by atoms with E-state index in [0.29, 0.717) is 37.1 Å². The van der Waals surface area contributed by atoms with Crippen molar-refractivity contribution in [1.82, 2.24) is 9.97 Å². The van der Waals surface area contributed by atoms with Crippen LogP contribution in [0.3, 0.4) is 0 Å². The molecule has 2 aromatic heterocycles. The maximum atomic E-state index is 12.2. The van der Waals surface area contributed by atoms with Crippen LogP contribution in [-0.4, -0.2) is 70.0 Å². The normalized spacial score (nSPS) is 22.1. The smallest absolute Gasteiger partial charge is 0.335 e. The molecule has 2 saturated heterocycles. The van der Waals surface area contributed by atoms with Crippen molar-refractivity contribution in [1.29, 1.82) is 0 Å². The number of fused-ring (bicyclic) bond motifs is 4. The van der Waals surface area contributed by atoms with Crippen LogP contribution >= 0.6 is 12.4 Å². The number of aromatic carboxylic acids is 2. The molecule has 5 aromatic rings. The van der Waals surface area contributed by atoms with Crippen molar-refractivity contribution in [3.8, 4) is 0 Å². The number of amidine groups is 2. The highest BCUT2D eigenvalue weighted by Gasteiger charge is 2.42. The Hall–Kier alpha value is -5.87. The van der Waals surface area contributed by atoms with Crippen molar-refractivity contribution >= 4 is 47.4 Å². The second kappa shape index (κ2) is 15.6. The molecule has 0 spiro atoms. The predicted molar refractivity (Wildman–Crippen MR) is 225 cm³/mol. The van der Waals surface area contributed by atoms with Gasteiger partial charge in [-0.3, -0.25) is 20.0 Å². The number of benzene rings is 3. The van der Waals surface area contributed by atoms with Crippen LogP contribution in [0.1, 0.15) is 116 Å². The molecule has 4 heterocycles. The van der Waals surface area contributed by atoms with E-state index in [1.807, 2.05) is 36.7 Å². The number of carboxylic acid groups (broad SMARTS) is 2. The zero-order valence-electron chi connectivity index (χ0n) is 32.0. The molecule has 11 heteroatoms. The first kappa shape index (κ1) is 38.0. The van der Waals surface area contributed by atoms with E-state index in [-0.39, 0.29) is 36.1 Å². The maximum absolute atomic E-state index is 12.2. The summed E-state index contributed by atoms with van der Waals surface area (Å²) < 4.78 is 0. The molecular formula is C46H45ClN6O4. The van der Waals surface area contributed by atoms with Crippen molar-refractivity contribution in [3.05, 3.63) is 153 Å². The predicted octanol–water partition coefficient (Wildman–Crippen LogP) is 8.50. The molecule has 3 aromatic carbocycles. The lowest BCUT2D eigenvalue weighted by molar-refractivity contribution is 0.0684. The number of carbonyl (C=O) groups is 2. The average molecular weight is 781 g/mol. The van der Waals surface area contributed by atoms with Gasteiger partial charge in [0.05, 0.1) is 33.9 Å². The van der Waals surface area contributed by atoms with Gasteiger partial charge in [0.15, 0.2) is 0 Å². The van der Waals surface area contributed by atoms with Crippen LogP contribution < -0.4 is 9.80 Å². The van der Waals surface area contributed by atoms with Crippen molar-refractivity contribution in [2.24, 2.45) is 9.98 Å². The molecule has 2 fully saturated rings. The van der Waals surface area contributed by atoms with E-state index < -0.39 is 11.9 Å². The number of hydrogen-bond donors (Lipinski definition) is 2. The molecular weight excluding hydrogens is 736 g/mol. The molecule has 10 nitrogen and oxygen atoms in total. The average Bonchev–Trinajstić information content (AvgIpc) is 3.92. The summed E-state index contributed by atoms with van der Waals surface area (Å²) in [5.74, 6) is 0.239. The molecule has 2 N–H and O–H groups in total. The molecule has 57 heavy (non-hydrogen) atoms. The molecule has 0 radical (unpaired) electrons. The second-order valence-corrected chi connectivity index (χ2v) is 15.0. The Morgan fingerprint density at radius 3 is 1.40 bits per heavy atom. The van der Waals surface area contributed by atoms with Crippen LogP contribution in [-0.2, 0) is 12.8 Å². The SMILES string of the molecule is CCN=C1C(c2ccc([C@H]3CCN(c4c5ccnc4C(c4ccccc4C(=O)O)C5)C3=NCC)cc2)CCN1c1c2ccnc1C(c1ccccc1C(=O)O)C2.Cl. The topological polar surface area (TPSA) is 132 Å². The number of aromatic nitrogens is 2. The molecule has 2 aliphatic carbocycles. The third kappa shape index (κ3) is 6.45. The lowest BCUT2D eigenvalue weighted by atomic mass is 9.91. The van der Waals surface area contributed by atoms with Crippen LogP contribution in [0.25, 0.3) is 0 Å². The summed E-state index contributed by atoms with van der Waals surface area (Å²) in [6.45, 7) is 7.08. The highest BCUT2D eigenvalue weighted by molar-refractivity contribution is 6.07. The molecule has 9 rings (SSSR count). The van der Waals surface area contributed by atoms with Gasteiger partial charge in [0, 0.05) is 62.2 Å². The summed E-state index contributed by atoms with van der Waals surface area (Å²) in [6, 6.07) is 27.8. The Balaban J connectivity index is 0.00000455. The van der Waals surface area contributed by atoms with Gasteiger partial charge in [0.2, 0.25) is 0 Å². The molecule has 4 aliphatic rings. The van der Waals surface area contributed by atoms with Gasteiger partial charge in [-0.15, -0.1) is 12.4 Å². The van der Waals surface area contributed by atoms with Gasteiger partial charge in [-0.25, -0.2) is 9.59 Å². The summed E-state index contributed by atoms with van der Waals surface area (Å²) in [5.41, 5.74) is 11.0. The first-order valence-corrected chi connectivity index (χ1v) is 19.7. The number of rotatable bonds is 10. The minimum Gasteiger partial charge on any atom is -0.478 e. The number of anilines is 2. The van der Waals surface area contributed by atoms with Crippen LogP contribution in [0.4, 0.5) is 11.4 Å². The summed E-state index contributed by atoms with van der Waals surface area (Å²) in [6.07, 6.45) is 6.95. The first-order valence-electron chi connectivity index (χ1n) is 19.7. The van der Waals surface area contributed by atoms with Crippen molar-refractivity contribution in [3.63, 3.8) is 0 Å². The summed E-state index contributed by atoms with van der Waals surface area (Å²) in [7, 11) is 0. The molecule has 4 atom stereocenters. The summed E-state index contributed by atoms with van der Waals surface area (Å²) in [4.78, 5) is 49.0. The zero-order valence-corrected chi connectivity index (χ0v) is 32.8. The highest BCUT2D eigenvalue weighted by Crippen LogP contribution is 2.49. The van der Waals surface area contributed by atoms with E-state index in [2.05, 4.69) is 60.0 Å². The minimum atomic E-state index is -0.920. The fourth-order valence-corrected chi connectivity index (χ4v) is 9.77. The lowest BCUT2D eigenvalue weighted by Crippen LogP contribution is -2.29. The number of hydrogen-bond acceptors (Lipinski definition) is 6. The Morgan fingerprint density at radius 2 is 1.02 bits per heavy atom. The second-order valence-electron chi connectivity index (χ2n) is 15.0. The number of pyridine rings is 2. The molecule has 290 valence electrons. The van der Waals surface area contributed by atoms with E-state index in [1.165, 1.54) is 22.3 Å². The van der Waals surface area contributed by atoms with Crippen molar-refractivity contribution in [2.75, 3.05) is 36.0 Å². The molecule has 2 aliphatic heterocycles. The van der Waals surface area contributed by atoms with Crippen LogP contribution in [0, 0.1) is 0 Å². The summed E-state index contributed by atoms with van der Waals surface area (Å²) >= 11 is 0. The van der Waals surface area contributed by atoms with E-state index in [9.17, 15) is 19.8 Å². The van der Waals surface area contributed by atoms with Crippen LogP contribution in [0.5, 0.6) is 0 Å². The van der Waals surface area contributed by atoms with Gasteiger partial charge in [-0.1, -0.05) is 60.7 Å². The Bertz CT molecular complexity index is 2260. The number of aliphatic imine (C=N–C) groups is 2. The Morgan fingerprint density at radius 1 is 0.614 bits per heavy atom. The van der Waals surface area contributed by atoms with Crippen LogP contribution in [0.2, 0.25) is 0 Å². The standard InChI is InChI=1S/C46H44N6O4.ClH/c1-3-47-43-31(19-23-51(43)41-29-17-21-49-39(41)37(25-29)33-9-5-7-11-35(33)45(53)54)27-13-15-28(16-14-27)32-20-24-52(44(32)48-4-2)42-30-18-22-50-40(42)38(26-30)34-10-6-8-12-36(34)46(55)56;/h5-18,21-22,31-32,37-38H,3-4,19-20,23-26H2,1-2H3,(H,53,54)(H,55,56);1H/t31-,32?,37?,38?;/m1./s1. The molecule has 0 saturated carbocycles. The van der Waals surface area contributed by atoms with Crippen LogP contribution in [0.15, 0.2) is 107 Å². The van der Waals surface area contributed by atoms with Gasteiger partial charge >= 0.3 is 11.9 Å². The highest BCUT2D eigenvalue weighted by atomic mass is 35.5. The molecule has 3 unspecified atom stereocenters. The number of halogens is 1. The number of carboxylic acids is 2. The largest absolute Gasteiger partial charge is 0.478 e. The van der Waals surface area contributed by atoms with Crippen molar-refractivity contribution < 1.29 is 19.8 Å². The molecule has 4 bridgehead atoms. The third-order valence-corrected chi connectivity index (χ3v) is 12.1. The Labute approximate surface area is 338 Å². The minimum absolute atomic E-state index is 0. The monoisotopic (exact) mass is 780 g/mol. The van der Waals surface area contributed by atoms with E-state index in [1.54, 1.807) is 24.3 Å². The summed E-state index contributed by atoms with van der Waals surface area (Å²) in [5, 5.41) is 20.0. The van der Waals surface area contributed by atoms with Crippen molar-refractivity contribution in [2.45, 2.75) is 63.2 Å². The zero-order chi connectivity index (χ0) is 38.5. The first-order chi connectivity index (χ1) is 27.4. The van der Waals surface area contributed by atoms with Gasteiger partial charge < -0.3 is 20.0 Å². The van der Waals surface area contributed by atoms with E-state index >= 15 is 0 Å².